The van der Waals surface area contributed by atoms with Gasteiger partial charge in [0.05, 0.1) is 0 Å². The van der Waals surface area contributed by atoms with E-state index in [-0.39, 0.29) is 6.10 Å². The summed E-state index contributed by atoms with van der Waals surface area (Å²) in [6, 6.07) is 6.58. The number of hydrogen-bond acceptors (Lipinski definition) is 2. The van der Waals surface area contributed by atoms with E-state index < -0.39 is 0 Å². The smallest absolute Gasteiger partial charge is 0.120 e. The van der Waals surface area contributed by atoms with E-state index in [0.717, 1.165) is 24.8 Å². The second-order valence-corrected chi connectivity index (χ2v) is 6.10. The average Bonchev–Trinajstić information content (AvgIpc) is 2.82. The molecule has 1 aromatic rings. The standard InChI is InChI=1S/C17H27NO/c1-13(2)9-10-18-12-14(3)19-17-8-7-15-5-4-6-16(15)11-17/h7-8,11,13-14,18H,4-6,9-10,12H2,1-3H3. The lowest BCUT2D eigenvalue weighted by Gasteiger charge is -2.16. The molecular weight excluding hydrogens is 234 g/mol. The van der Waals surface area contributed by atoms with Gasteiger partial charge in [-0.25, -0.2) is 0 Å². The zero-order valence-electron chi connectivity index (χ0n) is 12.5. The Kier molecular flexibility index (Phi) is 5.26. The van der Waals surface area contributed by atoms with Crippen LogP contribution in [0.15, 0.2) is 18.2 Å². The molecule has 0 fully saturated rings. The van der Waals surface area contributed by atoms with Crippen LogP contribution >= 0.6 is 0 Å². The molecule has 0 amide bonds. The fraction of sp³-hybridized carbons (Fsp3) is 0.647. The first kappa shape index (κ1) is 14.4. The summed E-state index contributed by atoms with van der Waals surface area (Å²) in [5.41, 5.74) is 2.99. The maximum atomic E-state index is 5.98. The highest BCUT2D eigenvalue weighted by Gasteiger charge is 2.12. The Morgan fingerprint density at radius 1 is 1.16 bits per heavy atom. The van der Waals surface area contributed by atoms with Gasteiger partial charge in [-0.3, -0.25) is 0 Å². The molecule has 0 radical (unpaired) electrons. The van der Waals surface area contributed by atoms with E-state index in [0.29, 0.717) is 0 Å². The highest BCUT2D eigenvalue weighted by atomic mass is 16.5. The van der Waals surface area contributed by atoms with Crippen LogP contribution in [0.1, 0.15) is 44.7 Å². The van der Waals surface area contributed by atoms with E-state index in [4.69, 9.17) is 4.74 Å². The highest BCUT2D eigenvalue weighted by Crippen LogP contribution is 2.26. The molecule has 2 heteroatoms. The molecule has 0 bridgehead atoms. The van der Waals surface area contributed by atoms with Gasteiger partial charge >= 0.3 is 0 Å². The Balaban J connectivity index is 1.74. The molecule has 1 atom stereocenters. The number of aryl methyl sites for hydroxylation is 2. The van der Waals surface area contributed by atoms with E-state index >= 15 is 0 Å². The Labute approximate surface area is 117 Å². The van der Waals surface area contributed by atoms with Crippen molar-refractivity contribution in [2.24, 2.45) is 5.92 Å². The minimum Gasteiger partial charge on any atom is -0.489 e. The van der Waals surface area contributed by atoms with Crippen molar-refractivity contribution in [3.05, 3.63) is 29.3 Å². The van der Waals surface area contributed by atoms with Crippen molar-refractivity contribution in [2.45, 2.75) is 52.6 Å². The molecule has 19 heavy (non-hydrogen) atoms. The molecule has 0 aromatic heterocycles. The van der Waals surface area contributed by atoms with Crippen LogP contribution in [-0.4, -0.2) is 19.2 Å². The number of benzene rings is 1. The van der Waals surface area contributed by atoms with Crippen molar-refractivity contribution in [3.63, 3.8) is 0 Å². The van der Waals surface area contributed by atoms with Crippen molar-refractivity contribution < 1.29 is 4.74 Å². The predicted molar refractivity (Wildman–Crippen MR) is 80.9 cm³/mol. The number of nitrogens with one attached hydrogen (secondary N) is 1. The molecule has 1 aliphatic carbocycles. The van der Waals surface area contributed by atoms with Gasteiger partial charge in [-0.15, -0.1) is 0 Å². The third kappa shape index (κ3) is 4.54. The molecule has 0 spiro atoms. The van der Waals surface area contributed by atoms with Crippen LogP contribution in [0, 0.1) is 5.92 Å². The second-order valence-electron chi connectivity index (χ2n) is 6.10. The van der Waals surface area contributed by atoms with Crippen molar-refractivity contribution in [1.82, 2.24) is 5.32 Å². The fourth-order valence-corrected chi connectivity index (χ4v) is 2.59. The van der Waals surface area contributed by atoms with Gasteiger partial charge in [0.1, 0.15) is 11.9 Å². The van der Waals surface area contributed by atoms with Crippen LogP contribution in [0.4, 0.5) is 0 Å². The molecule has 106 valence electrons. The zero-order chi connectivity index (χ0) is 13.7. The van der Waals surface area contributed by atoms with E-state index in [9.17, 15) is 0 Å². The Morgan fingerprint density at radius 2 is 1.95 bits per heavy atom. The Morgan fingerprint density at radius 3 is 2.74 bits per heavy atom. The van der Waals surface area contributed by atoms with Gasteiger partial charge in [0.2, 0.25) is 0 Å². The van der Waals surface area contributed by atoms with E-state index in [1.807, 2.05) is 0 Å². The summed E-state index contributed by atoms with van der Waals surface area (Å²) in [5, 5.41) is 3.46. The number of rotatable bonds is 7. The van der Waals surface area contributed by atoms with Crippen LogP contribution in [0.5, 0.6) is 5.75 Å². The van der Waals surface area contributed by atoms with Crippen LogP contribution < -0.4 is 10.1 Å². The molecule has 0 saturated heterocycles. The topological polar surface area (TPSA) is 21.3 Å². The summed E-state index contributed by atoms with van der Waals surface area (Å²) in [4.78, 5) is 0. The molecule has 2 nitrogen and oxygen atoms in total. The van der Waals surface area contributed by atoms with Gasteiger partial charge in [-0.2, -0.15) is 0 Å². The summed E-state index contributed by atoms with van der Waals surface area (Å²) >= 11 is 0. The second kappa shape index (κ2) is 6.95. The minimum absolute atomic E-state index is 0.228. The van der Waals surface area contributed by atoms with Crippen molar-refractivity contribution in [2.75, 3.05) is 13.1 Å². The largest absolute Gasteiger partial charge is 0.489 e. The Hall–Kier alpha value is -1.02. The molecule has 2 rings (SSSR count). The van der Waals surface area contributed by atoms with Crippen molar-refractivity contribution in [3.8, 4) is 5.75 Å². The first-order chi connectivity index (χ1) is 9.15. The molecule has 0 heterocycles. The van der Waals surface area contributed by atoms with Crippen molar-refractivity contribution >= 4 is 0 Å². The van der Waals surface area contributed by atoms with Gasteiger partial charge in [-0.1, -0.05) is 19.9 Å². The van der Waals surface area contributed by atoms with E-state index in [1.54, 1.807) is 0 Å². The van der Waals surface area contributed by atoms with Gasteiger partial charge in [-0.05, 0) is 68.3 Å². The molecule has 1 N–H and O–H groups in total. The quantitative estimate of drug-likeness (QED) is 0.758. The van der Waals surface area contributed by atoms with Crippen molar-refractivity contribution in [1.29, 1.82) is 0 Å². The van der Waals surface area contributed by atoms with Crippen LogP contribution in [0.25, 0.3) is 0 Å². The number of fused-ring (bicyclic) bond motifs is 1. The number of hydrogen-bond donors (Lipinski definition) is 1. The third-order valence-corrected chi connectivity index (χ3v) is 3.74. The minimum atomic E-state index is 0.228. The Bertz CT molecular complexity index is 400. The normalized spacial score (nSPS) is 15.6. The van der Waals surface area contributed by atoms with Crippen LogP contribution in [0.3, 0.4) is 0 Å². The SMILES string of the molecule is CC(C)CCNCC(C)Oc1ccc2c(c1)CCC2. The first-order valence-electron chi connectivity index (χ1n) is 7.64. The summed E-state index contributed by atoms with van der Waals surface area (Å²) in [7, 11) is 0. The third-order valence-electron chi connectivity index (χ3n) is 3.74. The average molecular weight is 261 g/mol. The molecule has 1 unspecified atom stereocenters. The monoisotopic (exact) mass is 261 g/mol. The summed E-state index contributed by atoms with van der Waals surface area (Å²) in [6.45, 7) is 8.65. The molecule has 1 aliphatic rings. The highest BCUT2D eigenvalue weighted by molar-refractivity contribution is 5.38. The van der Waals surface area contributed by atoms with Gasteiger partial charge in [0, 0.05) is 6.54 Å². The maximum absolute atomic E-state index is 5.98. The number of ether oxygens (including phenoxy) is 1. The molecule has 1 aromatic carbocycles. The summed E-state index contributed by atoms with van der Waals surface area (Å²) in [5.74, 6) is 1.79. The van der Waals surface area contributed by atoms with Gasteiger partial charge in [0.15, 0.2) is 0 Å². The lowest BCUT2D eigenvalue weighted by molar-refractivity contribution is 0.216. The van der Waals surface area contributed by atoms with Crippen LogP contribution in [-0.2, 0) is 12.8 Å². The van der Waals surface area contributed by atoms with Gasteiger partial charge < -0.3 is 10.1 Å². The maximum Gasteiger partial charge on any atom is 0.120 e. The lowest BCUT2D eigenvalue weighted by Crippen LogP contribution is -2.30. The van der Waals surface area contributed by atoms with Crippen LogP contribution in [0.2, 0.25) is 0 Å². The fourth-order valence-electron chi connectivity index (χ4n) is 2.59. The molecule has 0 aliphatic heterocycles. The molecule has 0 saturated carbocycles. The zero-order valence-corrected chi connectivity index (χ0v) is 12.5. The summed E-state index contributed by atoms with van der Waals surface area (Å²) in [6.07, 6.45) is 5.21. The van der Waals surface area contributed by atoms with E-state index in [2.05, 4.69) is 44.3 Å². The lowest BCUT2D eigenvalue weighted by atomic mass is 10.1. The summed E-state index contributed by atoms with van der Waals surface area (Å²) < 4.78 is 5.98. The molecular formula is C17H27NO. The van der Waals surface area contributed by atoms with Gasteiger partial charge in [0.25, 0.3) is 0 Å². The predicted octanol–water partition coefficient (Wildman–Crippen LogP) is 3.58. The first-order valence-corrected chi connectivity index (χ1v) is 7.64. The van der Waals surface area contributed by atoms with E-state index in [1.165, 1.54) is 36.8 Å².